The van der Waals surface area contributed by atoms with Crippen LogP contribution in [0, 0.1) is 0 Å². The normalized spacial score (nSPS) is 9.85. The van der Waals surface area contributed by atoms with Crippen LogP contribution in [0.3, 0.4) is 0 Å². The Kier molecular flexibility index (Phi) is 4.44. The molecule has 1 amide bonds. The van der Waals surface area contributed by atoms with Crippen molar-refractivity contribution in [1.29, 1.82) is 0 Å². The zero-order valence-corrected chi connectivity index (χ0v) is 11.0. The summed E-state index contributed by atoms with van der Waals surface area (Å²) in [5.41, 5.74) is 1.08. The van der Waals surface area contributed by atoms with Gasteiger partial charge >= 0.3 is 0 Å². The summed E-state index contributed by atoms with van der Waals surface area (Å²) in [4.78, 5) is 27.8. The maximum atomic E-state index is 12.0. The van der Waals surface area contributed by atoms with E-state index in [4.69, 9.17) is 4.74 Å². The van der Waals surface area contributed by atoms with Crippen LogP contribution in [0.15, 0.2) is 48.8 Å². The molecule has 0 aliphatic carbocycles. The van der Waals surface area contributed by atoms with E-state index in [2.05, 4.69) is 10.3 Å². The predicted octanol–water partition coefficient (Wildman–Crippen LogP) is 1.59. The fraction of sp³-hybridized carbons (Fsp3) is 0.133. The highest BCUT2D eigenvalue weighted by Gasteiger charge is 2.19. The van der Waals surface area contributed by atoms with Gasteiger partial charge < -0.3 is 10.1 Å². The first-order valence-electron chi connectivity index (χ1n) is 6.07. The number of carbonyl (C=O) groups is 2. The lowest BCUT2D eigenvalue weighted by Crippen LogP contribution is -2.30. The molecule has 20 heavy (non-hydrogen) atoms. The lowest BCUT2D eigenvalue weighted by molar-refractivity contribution is -0.117. The second-order valence-electron chi connectivity index (χ2n) is 4.07. The number of aromatic nitrogens is 1. The third-order valence-corrected chi connectivity index (χ3v) is 2.73. The Morgan fingerprint density at radius 1 is 1.20 bits per heavy atom. The van der Waals surface area contributed by atoms with Crippen LogP contribution >= 0.6 is 0 Å². The second-order valence-corrected chi connectivity index (χ2v) is 4.07. The molecule has 1 N–H and O–H groups in total. The average molecular weight is 270 g/mol. The highest BCUT2D eigenvalue weighted by atomic mass is 16.5. The van der Waals surface area contributed by atoms with Crippen LogP contribution in [-0.2, 0) is 11.3 Å². The largest absolute Gasteiger partial charge is 0.496 e. The number of ether oxygens (including phenoxy) is 1. The molecule has 102 valence electrons. The smallest absolute Gasteiger partial charge is 0.292 e. The van der Waals surface area contributed by atoms with Crippen molar-refractivity contribution >= 4 is 11.7 Å². The fourth-order valence-corrected chi connectivity index (χ4v) is 1.72. The standard InChI is InChI=1S/C15H14N2O3/c1-20-13-7-3-2-6-12(13)14(18)15(19)17-10-11-5-4-8-16-9-11/h2-9H,10H2,1H3,(H,17,19). The van der Waals surface area contributed by atoms with E-state index in [1.54, 1.807) is 42.7 Å². The van der Waals surface area contributed by atoms with Gasteiger partial charge in [0.05, 0.1) is 12.7 Å². The molecule has 0 aliphatic rings. The van der Waals surface area contributed by atoms with Crippen LogP contribution in [0.25, 0.3) is 0 Å². The van der Waals surface area contributed by atoms with Crippen LogP contribution < -0.4 is 10.1 Å². The number of hydrogen-bond acceptors (Lipinski definition) is 4. The quantitative estimate of drug-likeness (QED) is 0.661. The molecule has 5 heteroatoms. The van der Waals surface area contributed by atoms with Crippen molar-refractivity contribution in [2.24, 2.45) is 0 Å². The summed E-state index contributed by atoms with van der Waals surface area (Å²) in [6, 6.07) is 10.2. The SMILES string of the molecule is COc1ccccc1C(=O)C(=O)NCc1cccnc1. The minimum atomic E-state index is -0.668. The Balaban J connectivity index is 2.04. The minimum Gasteiger partial charge on any atom is -0.496 e. The van der Waals surface area contributed by atoms with Gasteiger partial charge in [0.2, 0.25) is 0 Å². The van der Waals surface area contributed by atoms with E-state index in [1.807, 2.05) is 6.07 Å². The maximum absolute atomic E-state index is 12.0. The number of methoxy groups -OCH3 is 1. The Hall–Kier alpha value is -2.69. The number of nitrogens with zero attached hydrogens (tertiary/aromatic N) is 1. The first-order valence-corrected chi connectivity index (χ1v) is 6.07. The van der Waals surface area contributed by atoms with Gasteiger partial charge in [-0.1, -0.05) is 18.2 Å². The summed E-state index contributed by atoms with van der Waals surface area (Å²) in [6.45, 7) is 0.258. The number of benzene rings is 1. The van der Waals surface area contributed by atoms with E-state index < -0.39 is 11.7 Å². The Morgan fingerprint density at radius 3 is 2.70 bits per heavy atom. The third kappa shape index (κ3) is 3.20. The highest BCUT2D eigenvalue weighted by Crippen LogP contribution is 2.17. The lowest BCUT2D eigenvalue weighted by Gasteiger charge is -2.07. The number of Topliss-reactive ketones (excluding diaryl/α,β-unsaturated/α-hetero) is 1. The number of para-hydroxylation sites is 1. The van der Waals surface area contributed by atoms with E-state index in [1.165, 1.54) is 7.11 Å². The Morgan fingerprint density at radius 2 is 2.00 bits per heavy atom. The first kappa shape index (κ1) is 13.7. The topological polar surface area (TPSA) is 68.3 Å². The minimum absolute atomic E-state index is 0.249. The second kappa shape index (κ2) is 6.47. The molecule has 0 aliphatic heterocycles. The average Bonchev–Trinajstić information content (AvgIpc) is 2.52. The number of nitrogens with one attached hydrogen (secondary N) is 1. The number of carbonyl (C=O) groups excluding carboxylic acids is 2. The van der Waals surface area contributed by atoms with Crippen LogP contribution in [0.4, 0.5) is 0 Å². The highest BCUT2D eigenvalue weighted by molar-refractivity contribution is 6.43. The van der Waals surface area contributed by atoms with Crippen molar-refractivity contribution in [3.05, 3.63) is 59.9 Å². The molecular weight excluding hydrogens is 256 g/mol. The molecule has 0 radical (unpaired) electrons. The summed E-state index contributed by atoms with van der Waals surface area (Å²) in [6.07, 6.45) is 3.28. The summed E-state index contributed by atoms with van der Waals surface area (Å²) < 4.78 is 5.07. The van der Waals surface area contributed by atoms with Crippen molar-refractivity contribution in [3.8, 4) is 5.75 Å². The molecule has 0 unspecified atom stereocenters. The van der Waals surface area contributed by atoms with Gasteiger partial charge in [-0.2, -0.15) is 0 Å². The molecule has 5 nitrogen and oxygen atoms in total. The van der Waals surface area contributed by atoms with Crippen LogP contribution in [-0.4, -0.2) is 23.8 Å². The third-order valence-electron chi connectivity index (χ3n) is 2.73. The van der Waals surface area contributed by atoms with Crippen molar-refractivity contribution < 1.29 is 14.3 Å². The lowest BCUT2D eigenvalue weighted by atomic mass is 10.1. The number of pyridine rings is 1. The van der Waals surface area contributed by atoms with E-state index in [0.717, 1.165) is 5.56 Å². The Labute approximate surface area is 116 Å². The zero-order valence-electron chi connectivity index (χ0n) is 11.0. The molecule has 0 spiro atoms. The number of ketones is 1. The van der Waals surface area contributed by atoms with E-state index in [-0.39, 0.29) is 12.1 Å². The molecule has 0 saturated carbocycles. The fourth-order valence-electron chi connectivity index (χ4n) is 1.72. The van der Waals surface area contributed by atoms with Crippen molar-refractivity contribution in [3.63, 3.8) is 0 Å². The van der Waals surface area contributed by atoms with E-state index in [0.29, 0.717) is 5.75 Å². The van der Waals surface area contributed by atoms with Gasteiger partial charge in [0.1, 0.15) is 5.75 Å². The van der Waals surface area contributed by atoms with Crippen molar-refractivity contribution in [1.82, 2.24) is 10.3 Å². The summed E-state index contributed by atoms with van der Waals surface area (Å²) in [5.74, 6) is -0.904. The van der Waals surface area contributed by atoms with Crippen LogP contribution in [0.5, 0.6) is 5.75 Å². The zero-order chi connectivity index (χ0) is 14.4. The molecule has 1 heterocycles. The van der Waals surface area contributed by atoms with Crippen LogP contribution in [0.2, 0.25) is 0 Å². The van der Waals surface area contributed by atoms with Gasteiger partial charge in [0.15, 0.2) is 0 Å². The Bertz CT molecular complexity index is 612. The van der Waals surface area contributed by atoms with Gasteiger partial charge in [-0.3, -0.25) is 14.6 Å². The van der Waals surface area contributed by atoms with E-state index in [9.17, 15) is 9.59 Å². The van der Waals surface area contributed by atoms with Gasteiger partial charge in [-0.25, -0.2) is 0 Å². The first-order chi connectivity index (χ1) is 9.72. The number of hydrogen-bond donors (Lipinski definition) is 1. The molecule has 0 bridgehead atoms. The molecule has 1 aromatic heterocycles. The monoisotopic (exact) mass is 270 g/mol. The number of amides is 1. The van der Waals surface area contributed by atoms with Gasteiger partial charge in [0.25, 0.3) is 11.7 Å². The van der Waals surface area contributed by atoms with E-state index >= 15 is 0 Å². The number of rotatable bonds is 5. The van der Waals surface area contributed by atoms with Gasteiger partial charge in [-0.05, 0) is 23.8 Å². The molecule has 2 aromatic rings. The molecule has 0 atom stereocenters. The predicted molar refractivity (Wildman–Crippen MR) is 73.4 cm³/mol. The summed E-state index contributed by atoms with van der Waals surface area (Å²) in [5, 5.41) is 2.56. The molecule has 0 saturated heterocycles. The molecule has 0 fully saturated rings. The van der Waals surface area contributed by atoms with Crippen molar-refractivity contribution in [2.45, 2.75) is 6.54 Å². The van der Waals surface area contributed by atoms with Crippen molar-refractivity contribution in [2.75, 3.05) is 7.11 Å². The van der Waals surface area contributed by atoms with Crippen LogP contribution in [0.1, 0.15) is 15.9 Å². The molecular formula is C15H14N2O3. The summed E-state index contributed by atoms with van der Waals surface area (Å²) >= 11 is 0. The molecule has 1 aromatic carbocycles. The van der Waals surface area contributed by atoms with Gasteiger partial charge in [0, 0.05) is 18.9 Å². The maximum Gasteiger partial charge on any atom is 0.292 e. The molecule has 2 rings (SSSR count). The summed E-state index contributed by atoms with van der Waals surface area (Å²) in [7, 11) is 1.46. The van der Waals surface area contributed by atoms with Gasteiger partial charge in [-0.15, -0.1) is 0 Å².